The van der Waals surface area contributed by atoms with Crippen LogP contribution in [-0.4, -0.2) is 72.5 Å². The highest BCUT2D eigenvalue weighted by Gasteiger charge is 2.31. The first-order chi connectivity index (χ1) is 13.1. The molecule has 1 atom stereocenters. The van der Waals surface area contributed by atoms with Crippen molar-refractivity contribution in [3.8, 4) is 0 Å². The number of likely N-dealkylation sites (N-methyl/N-ethyl adjacent to an activating group) is 2. The molecule has 0 aromatic heterocycles. The lowest BCUT2D eigenvalue weighted by Gasteiger charge is -2.32. The fourth-order valence-corrected chi connectivity index (χ4v) is 3.31. The number of nitrogens with one attached hydrogen (secondary N) is 2. The van der Waals surface area contributed by atoms with Gasteiger partial charge in [0.2, 0.25) is 0 Å². The summed E-state index contributed by atoms with van der Waals surface area (Å²) >= 11 is 0. The molecule has 1 unspecified atom stereocenters. The van der Waals surface area contributed by atoms with Gasteiger partial charge in [-0.2, -0.15) is 0 Å². The van der Waals surface area contributed by atoms with Gasteiger partial charge in [0.05, 0.1) is 0 Å². The van der Waals surface area contributed by atoms with Crippen molar-refractivity contribution < 1.29 is 14.6 Å². The summed E-state index contributed by atoms with van der Waals surface area (Å²) in [5, 5.41) is 15.9. The summed E-state index contributed by atoms with van der Waals surface area (Å²) in [6.45, 7) is 3.67. The first-order valence-corrected chi connectivity index (χ1v) is 9.37. The van der Waals surface area contributed by atoms with Crippen molar-refractivity contribution in [1.29, 1.82) is 0 Å². The average Bonchev–Trinajstić information content (AvgIpc) is 3.14. The highest BCUT2D eigenvalue weighted by Crippen LogP contribution is 2.29. The zero-order valence-electron chi connectivity index (χ0n) is 16.2. The summed E-state index contributed by atoms with van der Waals surface area (Å²) < 4.78 is 5.82. The molecule has 0 aliphatic carbocycles. The molecule has 1 amide bonds. The number of rotatable bonds is 7. The highest BCUT2D eigenvalue weighted by molar-refractivity contribution is 5.94. The number of allylic oxidation sites excluding steroid dienone is 2. The van der Waals surface area contributed by atoms with Gasteiger partial charge in [0.15, 0.2) is 18.3 Å². The van der Waals surface area contributed by atoms with Crippen LogP contribution in [-0.2, 0) is 9.53 Å². The predicted octanol–water partition coefficient (Wildman–Crippen LogP) is 0.442. The van der Waals surface area contributed by atoms with Crippen molar-refractivity contribution >= 4 is 5.91 Å². The number of unbranched alkanes of at least 4 members (excludes halogenated alkanes) is 1. The van der Waals surface area contributed by atoms with Crippen LogP contribution in [0.2, 0.25) is 0 Å². The van der Waals surface area contributed by atoms with Crippen LogP contribution >= 0.6 is 0 Å². The molecule has 27 heavy (non-hydrogen) atoms. The quantitative estimate of drug-likeness (QED) is 0.596. The molecule has 0 spiro atoms. The van der Waals surface area contributed by atoms with Crippen LogP contribution in [0.4, 0.5) is 0 Å². The summed E-state index contributed by atoms with van der Waals surface area (Å²) in [4.78, 5) is 18.2. The lowest BCUT2D eigenvalue weighted by atomic mass is 10.1. The maximum Gasteiger partial charge on any atom is 0.251 e. The summed E-state index contributed by atoms with van der Waals surface area (Å²) in [6, 6.07) is 0. The fraction of sp³-hybridized carbons (Fsp3) is 0.526. The van der Waals surface area contributed by atoms with Gasteiger partial charge in [0.25, 0.3) is 5.91 Å². The number of dihydropyridines is 1. The molecule has 0 saturated carbocycles. The smallest absolute Gasteiger partial charge is 0.251 e. The zero-order valence-corrected chi connectivity index (χ0v) is 16.2. The minimum absolute atomic E-state index is 0.0372. The Labute approximate surface area is 160 Å². The van der Waals surface area contributed by atoms with Crippen LogP contribution in [0.1, 0.15) is 19.8 Å². The molecular weight excluding hydrogens is 346 g/mol. The first-order valence-electron chi connectivity index (χ1n) is 9.37. The van der Waals surface area contributed by atoms with Gasteiger partial charge in [-0.05, 0) is 31.7 Å². The zero-order chi connectivity index (χ0) is 19.4. The molecule has 0 aromatic rings. The van der Waals surface area contributed by atoms with Gasteiger partial charge in [-0.25, -0.2) is 0 Å². The van der Waals surface area contributed by atoms with E-state index in [0.29, 0.717) is 24.6 Å². The van der Waals surface area contributed by atoms with E-state index < -0.39 is 0 Å². The van der Waals surface area contributed by atoms with Gasteiger partial charge in [-0.1, -0.05) is 13.3 Å². The number of nitrogens with zero attached hydrogens (tertiary/aromatic N) is 3. The first kappa shape index (κ1) is 19.3. The van der Waals surface area contributed by atoms with Crippen LogP contribution in [0.15, 0.2) is 47.3 Å². The van der Waals surface area contributed by atoms with Gasteiger partial charge in [-0.3, -0.25) is 15.0 Å². The van der Waals surface area contributed by atoms with Crippen molar-refractivity contribution in [2.24, 2.45) is 0 Å². The lowest BCUT2D eigenvalue weighted by Crippen LogP contribution is -2.43. The molecule has 3 aliphatic heterocycles. The van der Waals surface area contributed by atoms with Crippen molar-refractivity contribution in [1.82, 2.24) is 25.3 Å². The van der Waals surface area contributed by atoms with Gasteiger partial charge < -0.3 is 25.0 Å². The third-order valence-electron chi connectivity index (χ3n) is 4.97. The van der Waals surface area contributed by atoms with E-state index in [2.05, 4.69) is 17.6 Å². The van der Waals surface area contributed by atoms with Gasteiger partial charge in [0.1, 0.15) is 12.9 Å². The Morgan fingerprint density at radius 3 is 3.04 bits per heavy atom. The number of aliphatic hydroxyl groups excluding tert-OH is 1. The van der Waals surface area contributed by atoms with Crippen LogP contribution in [0, 0.1) is 0 Å². The molecule has 148 valence electrons. The Morgan fingerprint density at radius 2 is 2.33 bits per heavy atom. The molecular formula is C19H29N5O3. The van der Waals surface area contributed by atoms with E-state index in [1.807, 2.05) is 43.4 Å². The Bertz CT molecular complexity index is 697. The summed E-state index contributed by atoms with van der Waals surface area (Å²) in [6.07, 6.45) is 9.63. The third-order valence-corrected chi connectivity index (χ3v) is 4.97. The maximum absolute atomic E-state index is 12.6. The summed E-state index contributed by atoms with van der Waals surface area (Å²) in [7, 11) is 3.69. The molecule has 8 heteroatoms. The van der Waals surface area contributed by atoms with Gasteiger partial charge >= 0.3 is 0 Å². The second kappa shape index (κ2) is 8.49. The normalized spacial score (nSPS) is 21.4. The number of carbonyl (C=O) groups excluding carboxylic acids is 1. The number of hydrogen-bond donors (Lipinski definition) is 3. The molecule has 0 saturated heterocycles. The number of hydrogen-bond acceptors (Lipinski definition) is 7. The van der Waals surface area contributed by atoms with E-state index in [9.17, 15) is 9.90 Å². The second-order valence-electron chi connectivity index (χ2n) is 6.81. The van der Waals surface area contributed by atoms with Gasteiger partial charge in [-0.15, -0.1) is 0 Å². The Hall–Kier alpha value is -2.45. The van der Waals surface area contributed by atoms with Crippen molar-refractivity contribution in [2.75, 3.05) is 40.6 Å². The topological polar surface area (TPSA) is 80.3 Å². The van der Waals surface area contributed by atoms with E-state index in [0.717, 1.165) is 30.9 Å². The summed E-state index contributed by atoms with van der Waals surface area (Å²) in [5.74, 6) is 1.59. The van der Waals surface area contributed by atoms with E-state index in [4.69, 9.17) is 4.74 Å². The monoisotopic (exact) mass is 375 g/mol. The molecule has 8 nitrogen and oxygen atoms in total. The predicted molar refractivity (Wildman–Crippen MR) is 102 cm³/mol. The van der Waals surface area contributed by atoms with Gasteiger partial charge in [0, 0.05) is 37.6 Å². The molecule has 0 aromatic carbocycles. The Kier molecular flexibility index (Phi) is 6.08. The summed E-state index contributed by atoms with van der Waals surface area (Å²) in [5.41, 5.74) is 1.68. The molecule has 0 fully saturated rings. The van der Waals surface area contributed by atoms with E-state index in [1.165, 1.54) is 0 Å². The van der Waals surface area contributed by atoms with Crippen molar-refractivity contribution in [2.45, 2.75) is 25.9 Å². The average molecular weight is 375 g/mol. The van der Waals surface area contributed by atoms with Crippen LogP contribution in [0.5, 0.6) is 0 Å². The highest BCUT2D eigenvalue weighted by atomic mass is 16.5. The minimum Gasteiger partial charge on any atom is -0.469 e. The number of carbonyl (C=O) groups is 1. The molecule has 0 bridgehead atoms. The Morgan fingerprint density at radius 1 is 1.52 bits per heavy atom. The number of amides is 1. The number of aliphatic hydroxyl groups is 1. The largest absolute Gasteiger partial charge is 0.469 e. The second-order valence-corrected chi connectivity index (χ2v) is 6.81. The molecule has 3 rings (SSSR count). The standard InChI is InChI=1S/C19H29N5O3/c1-4-5-7-22(3)19(26)14-9-16-18(21-11-14)24(13-27-16)15-6-8-23(12-25)17(10-15)20-2/h6,8-10,17,20-21,25H,4-5,7,11-13H2,1-3H3. The van der Waals surface area contributed by atoms with E-state index in [1.54, 1.807) is 9.80 Å². The number of ether oxygens (including phenoxy) is 1. The van der Waals surface area contributed by atoms with Crippen molar-refractivity contribution in [3.05, 3.63) is 47.3 Å². The van der Waals surface area contributed by atoms with E-state index in [-0.39, 0.29) is 18.8 Å². The molecule has 3 aliphatic rings. The maximum atomic E-state index is 12.6. The SMILES string of the molecule is CCCCN(C)C(=O)C1=CC2=C(NC1)N(C1=CC(NC)N(CO)C=C1)CO2. The van der Waals surface area contributed by atoms with Crippen molar-refractivity contribution in [3.63, 3.8) is 0 Å². The van der Waals surface area contributed by atoms with Crippen LogP contribution in [0.25, 0.3) is 0 Å². The fourth-order valence-electron chi connectivity index (χ4n) is 3.31. The molecule has 3 heterocycles. The third kappa shape index (κ3) is 3.96. The van der Waals surface area contributed by atoms with Crippen LogP contribution < -0.4 is 10.6 Å². The molecule has 0 radical (unpaired) electrons. The Balaban J connectivity index is 1.74. The molecule has 3 N–H and O–H groups in total. The van der Waals surface area contributed by atoms with Crippen LogP contribution in [0.3, 0.4) is 0 Å². The minimum atomic E-state index is -0.0943. The lowest BCUT2D eigenvalue weighted by molar-refractivity contribution is -0.126. The van der Waals surface area contributed by atoms with E-state index >= 15 is 0 Å².